The zero-order chi connectivity index (χ0) is 7.72. The molecule has 2 N–H and O–H groups in total. The van der Waals surface area contributed by atoms with Crippen LogP contribution in [0.3, 0.4) is 0 Å². The van der Waals surface area contributed by atoms with Crippen LogP contribution < -0.4 is 0 Å². The molecule has 1 fully saturated rings. The lowest BCUT2D eigenvalue weighted by molar-refractivity contribution is -0.156. The number of aliphatic hydroxyl groups is 2. The molecule has 0 spiro atoms. The summed E-state index contributed by atoms with van der Waals surface area (Å²) < 4.78 is 5.26. The van der Waals surface area contributed by atoms with E-state index < -0.39 is 12.2 Å². The van der Waals surface area contributed by atoms with Crippen molar-refractivity contribution in [3.63, 3.8) is 0 Å². The van der Waals surface area contributed by atoms with E-state index in [-0.39, 0.29) is 12.2 Å². The van der Waals surface area contributed by atoms with Gasteiger partial charge >= 0.3 is 0 Å². The Kier molecular flexibility index (Phi) is 2.28. The maximum atomic E-state index is 9.19. The van der Waals surface area contributed by atoms with Crippen molar-refractivity contribution in [3.8, 4) is 0 Å². The predicted molar refractivity (Wildman–Crippen MR) is 36.6 cm³/mol. The smallest absolute Gasteiger partial charge is 0.106 e. The molecule has 0 amide bonds. The van der Waals surface area contributed by atoms with Gasteiger partial charge in [0.25, 0.3) is 0 Å². The van der Waals surface area contributed by atoms with Gasteiger partial charge in [-0.1, -0.05) is 0 Å². The summed E-state index contributed by atoms with van der Waals surface area (Å²) >= 11 is 0. The van der Waals surface area contributed by atoms with Crippen LogP contribution in [-0.4, -0.2) is 34.6 Å². The van der Waals surface area contributed by atoms with Gasteiger partial charge in [0.2, 0.25) is 0 Å². The van der Waals surface area contributed by atoms with Crippen molar-refractivity contribution in [1.29, 1.82) is 0 Å². The van der Waals surface area contributed by atoms with Gasteiger partial charge in [0, 0.05) is 6.42 Å². The van der Waals surface area contributed by atoms with Gasteiger partial charge in [-0.3, -0.25) is 0 Å². The number of hydrogen-bond acceptors (Lipinski definition) is 3. The van der Waals surface area contributed by atoms with Gasteiger partial charge in [-0.05, 0) is 13.8 Å². The molecule has 0 saturated carbocycles. The van der Waals surface area contributed by atoms with Gasteiger partial charge in [0.15, 0.2) is 0 Å². The molecule has 1 aliphatic heterocycles. The highest BCUT2D eigenvalue weighted by atomic mass is 16.5. The quantitative estimate of drug-likeness (QED) is 0.502. The molecule has 3 heteroatoms. The van der Waals surface area contributed by atoms with Crippen LogP contribution >= 0.6 is 0 Å². The van der Waals surface area contributed by atoms with E-state index in [9.17, 15) is 10.2 Å². The van der Waals surface area contributed by atoms with Crippen molar-refractivity contribution in [3.05, 3.63) is 0 Å². The molecule has 3 nitrogen and oxygen atoms in total. The summed E-state index contributed by atoms with van der Waals surface area (Å²) in [6.45, 7) is 3.66. The second kappa shape index (κ2) is 2.86. The third kappa shape index (κ3) is 1.48. The zero-order valence-corrected chi connectivity index (χ0v) is 6.32. The van der Waals surface area contributed by atoms with Crippen LogP contribution in [0.4, 0.5) is 0 Å². The first-order valence-electron chi connectivity index (χ1n) is 3.63. The van der Waals surface area contributed by atoms with Crippen LogP contribution in [-0.2, 0) is 4.74 Å². The SMILES string of the molecule is C[C@@H]1O[C@@H](C)C[C@@H](O)[C@@H]1O. The van der Waals surface area contributed by atoms with Crippen LogP contribution in [0.15, 0.2) is 0 Å². The fourth-order valence-corrected chi connectivity index (χ4v) is 1.29. The van der Waals surface area contributed by atoms with Crippen LogP contribution in [0.5, 0.6) is 0 Å². The third-order valence-corrected chi connectivity index (χ3v) is 1.90. The second-order valence-electron chi connectivity index (χ2n) is 2.95. The maximum absolute atomic E-state index is 9.19. The topological polar surface area (TPSA) is 49.7 Å². The summed E-state index contributed by atoms with van der Waals surface area (Å²) in [5.41, 5.74) is 0. The first-order valence-corrected chi connectivity index (χ1v) is 3.63. The molecule has 0 aliphatic carbocycles. The highest BCUT2D eigenvalue weighted by Crippen LogP contribution is 2.19. The molecule has 4 atom stereocenters. The number of ether oxygens (including phenoxy) is 1. The summed E-state index contributed by atoms with van der Waals surface area (Å²) in [6, 6.07) is 0. The Morgan fingerprint density at radius 3 is 2.40 bits per heavy atom. The highest BCUT2D eigenvalue weighted by molar-refractivity contribution is 4.80. The molecular formula is C7H14O3. The van der Waals surface area contributed by atoms with E-state index in [0.29, 0.717) is 6.42 Å². The molecule has 0 radical (unpaired) electrons. The zero-order valence-electron chi connectivity index (χ0n) is 6.32. The Morgan fingerprint density at radius 2 is 1.90 bits per heavy atom. The fourth-order valence-electron chi connectivity index (χ4n) is 1.29. The van der Waals surface area contributed by atoms with Crippen molar-refractivity contribution in [2.45, 2.75) is 44.7 Å². The normalized spacial score (nSPS) is 49.2. The van der Waals surface area contributed by atoms with Gasteiger partial charge in [-0.2, -0.15) is 0 Å². The highest BCUT2D eigenvalue weighted by Gasteiger charge is 2.31. The van der Waals surface area contributed by atoms with Gasteiger partial charge < -0.3 is 14.9 Å². The Bertz CT molecular complexity index is 103. The van der Waals surface area contributed by atoms with Crippen molar-refractivity contribution in [2.75, 3.05) is 0 Å². The Morgan fingerprint density at radius 1 is 1.30 bits per heavy atom. The average Bonchev–Trinajstić information content (AvgIpc) is 1.82. The molecule has 1 aliphatic rings. The van der Waals surface area contributed by atoms with Gasteiger partial charge in [-0.25, -0.2) is 0 Å². The van der Waals surface area contributed by atoms with Crippen molar-refractivity contribution in [1.82, 2.24) is 0 Å². The fraction of sp³-hybridized carbons (Fsp3) is 1.00. The lowest BCUT2D eigenvalue weighted by Crippen LogP contribution is -2.45. The maximum Gasteiger partial charge on any atom is 0.106 e. The van der Waals surface area contributed by atoms with Gasteiger partial charge in [0.1, 0.15) is 6.10 Å². The summed E-state index contributed by atoms with van der Waals surface area (Å²) in [5, 5.41) is 18.4. The molecule has 0 aromatic rings. The van der Waals surface area contributed by atoms with E-state index in [4.69, 9.17) is 4.74 Å². The minimum Gasteiger partial charge on any atom is -0.390 e. The number of rotatable bonds is 0. The molecule has 1 rings (SSSR count). The first kappa shape index (κ1) is 7.98. The molecule has 1 heterocycles. The lowest BCUT2D eigenvalue weighted by atomic mass is 10.00. The molecular weight excluding hydrogens is 132 g/mol. The van der Waals surface area contributed by atoms with Crippen molar-refractivity contribution in [2.24, 2.45) is 0 Å². The predicted octanol–water partition coefficient (Wildman–Crippen LogP) is -0.0945. The molecule has 0 unspecified atom stereocenters. The Hall–Kier alpha value is -0.120. The number of hydrogen-bond donors (Lipinski definition) is 2. The van der Waals surface area contributed by atoms with Crippen LogP contribution in [0.2, 0.25) is 0 Å². The average molecular weight is 146 g/mol. The summed E-state index contributed by atoms with van der Waals surface area (Å²) in [6.07, 6.45) is -0.965. The van der Waals surface area contributed by atoms with Crippen LogP contribution in [0, 0.1) is 0 Å². The van der Waals surface area contributed by atoms with Crippen molar-refractivity contribution < 1.29 is 14.9 Å². The summed E-state index contributed by atoms with van der Waals surface area (Å²) in [5.74, 6) is 0. The standard InChI is InChI=1S/C7H14O3/c1-4-3-6(8)7(9)5(2)10-4/h4-9H,3H2,1-2H3/t4-,5-,6+,7+/m0/s1. The summed E-state index contributed by atoms with van der Waals surface area (Å²) in [4.78, 5) is 0. The van der Waals surface area contributed by atoms with E-state index in [0.717, 1.165) is 0 Å². The molecule has 1 saturated heterocycles. The third-order valence-electron chi connectivity index (χ3n) is 1.90. The van der Waals surface area contributed by atoms with Crippen molar-refractivity contribution >= 4 is 0 Å². The minimum atomic E-state index is -0.712. The molecule has 0 aromatic carbocycles. The minimum absolute atomic E-state index is 0.0633. The van der Waals surface area contributed by atoms with Crippen LogP contribution in [0.25, 0.3) is 0 Å². The monoisotopic (exact) mass is 146 g/mol. The van der Waals surface area contributed by atoms with E-state index in [2.05, 4.69) is 0 Å². The number of aliphatic hydroxyl groups excluding tert-OH is 2. The van der Waals surface area contributed by atoms with E-state index in [1.54, 1.807) is 6.92 Å². The van der Waals surface area contributed by atoms with Gasteiger partial charge in [-0.15, -0.1) is 0 Å². The second-order valence-corrected chi connectivity index (χ2v) is 2.95. The van der Waals surface area contributed by atoms with Gasteiger partial charge in [0.05, 0.1) is 18.3 Å². The van der Waals surface area contributed by atoms with E-state index in [1.807, 2.05) is 6.92 Å². The molecule has 10 heavy (non-hydrogen) atoms. The lowest BCUT2D eigenvalue weighted by Gasteiger charge is -2.33. The Labute approximate surface area is 60.6 Å². The molecule has 0 aromatic heterocycles. The summed E-state index contributed by atoms with van der Waals surface area (Å²) in [7, 11) is 0. The van der Waals surface area contributed by atoms with E-state index >= 15 is 0 Å². The molecule has 0 bridgehead atoms. The van der Waals surface area contributed by atoms with Crippen LogP contribution in [0.1, 0.15) is 20.3 Å². The molecule has 60 valence electrons. The Balaban J connectivity index is 2.49. The first-order chi connectivity index (χ1) is 4.61. The largest absolute Gasteiger partial charge is 0.390 e. The van der Waals surface area contributed by atoms with E-state index in [1.165, 1.54) is 0 Å².